The van der Waals surface area contributed by atoms with Gasteiger partial charge in [0.25, 0.3) is 5.69 Å². The van der Waals surface area contributed by atoms with Crippen molar-refractivity contribution in [1.29, 1.82) is 0 Å². The summed E-state index contributed by atoms with van der Waals surface area (Å²) in [5.74, 6) is -0.457. The normalized spacial score (nSPS) is 12.2. The average Bonchev–Trinajstić information content (AvgIpc) is 2.69. The van der Waals surface area contributed by atoms with E-state index in [9.17, 15) is 14.7 Å². The first-order valence-electron chi connectivity index (χ1n) is 8.07. The Balaban J connectivity index is 1.94. The van der Waals surface area contributed by atoms with Crippen LogP contribution in [0.1, 0.15) is 11.3 Å². The van der Waals surface area contributed by atoms with E-state index < -0.39 is 18.3 Å². The molecule has 0 fully saturated rings. The maximum absolute atomic E-state index is 13.6. The molecule has 0 heterocycles. The number of nitro benzene ring substituents is 1. The zero-order valence-corrected chi connectivity index (χ0v) is 15.1. The first-order valence-corrected chi connectivity index (χ1v) is 9.68. The molecule has 138 valence electrons. The van der Waals surface area contributed by atoms with Crippen molar-refractivity contribution in [2.75, 3.05) is 0 Å². The molecule has 0 amide bonds. The van der Waals surface area contributed by atoms with Gasteiger partial charge in [-0.25, -0.2) is 4.57 Å². The topological polar surface area (TPSA) is 105 Å². The number of nitrogens with two attached hydrogens (primary N) is 1. The summed E-state index contributed by atoms with van der Waals surface area (Å²) in [4.78, 5) is 10.3. The second-order valence-electron chi connectivity index (χ2n) is 5.64. The van der Waals surface area contributed by atoms with E-state index in [2.05, 4.69) is 0 Å². The number of non-ortho nitro benzene ring substituents is 1. The predicted molar refractivity (Wildman–Crippen MR) is 102 cm³/mol. The van der Waals surface area contributed by atoms with Crippen LogP contribution in [0, 0.1) is 10.1 Å². The molecule has 0 aromatic heterocycles. The minimum absolute atomic E-state index is 0.0891. The average molecular weight is 384 g/mol. The van der Waals surface area contributed by atoms with Crippen molar-refractivity contribution in [2.24, 2.45) is 5.73 Å². The summed E-state index contributed by atoms with van der Waals surface area (Å²) in [5, 5.41) is 10.8. The summed E-state index contributed by atoms with van der Waals surface area (Å²) in [6.45, 7) is 0. The minimum Gasteiger partial charge on any atom is -0.415 e. The van der Waals surface area contributed by atoms with Gasteiger partial charge in [0.2, 0.25) is 0 Å². The molecule has 0 saturated heterocycles. The Bertz CT molecular complexity index is 903. The van der Waals surface area contributed by atoms with Crippen LogP contribution in [-0.2, 0) is 4.57 Å². The predicted octanol–water partition coefficient (Wildman–Crippen LogP) is 4.90. The lowest BCUT2D eigenvalue weighted by atomic mass is 10.2. The summed E-state index contributed by atoms with van der Waals surface area (Å²) in [6, 6.07) is 22.6. The number of hydrogen-bond donors (Lipinski definition) is 1. The van der Waals surface area contributed by atoms with Crippen LogP contribution in [0.5, 0.6) is 11.5 Å². The molecule has 0 aliphatic rings. The standard InChI is InChI=1S/C19H17N2O5P/c20-19(15-11-13-16(14-12-15)21(22)23)27(24,25-17-7-3-1-4-8-17)26-18-9-5-2-6-10-18/h1-14,19H,20H2. The second-order valence-corrected chi connectivity index (χ2v) is 7.64. The van der Waals surface area contributed by atoms with Crippen LogP contribution in [0.3, 0.4) is 0 Å². The first kappa shape index (κ1) is 18.6. The minimum atomic E-state index is -3.91. The van der Waals surface area contributed by atoms with Crippen molar-refractivity contribution >= 4 is 13.3 Å². The Hall–Kier alpha value is -3.15. The van der Waals surface area contributed by atoms with Gasteiger partial charge in [-0.2, -0.15) is 0 Å². The largest absolute Gasteiger partial charge is 0.451 e. The summed E-state index contributed by atoms with van der Waals surface area (Å²) in [6.07, 6.45) is 0. The van der Waals surface area contributed by atoms with Crippen molar-refractivity contribution in [3.05, 3.63) is 101 Å². The van der Waals surface area contributed by atoms with Crippen molar-refractivity contribution < 1.29 is 18.5 Å². The monoisotopic (exact) mass is 384 g/mol. The summed E-state index contributed by atoms with van der Waals surface area (Å²) in [7, 11) is -3.91. The van der Waals surface area contributed by atoms with Crippen molar-refractivity contribution in [3.8, 4) is 11.5 Å². The molecule has 7 nitrogen and oxygen atoms in total. The molecular weight excluding hydrogens is 367 g/mol. The fourth-order valence-electron chi connectivity index (χ4n) is 2.36. The lowest BCUT2D eigenvalue weighted by Gasteiger charge is -2.25. The van der Waals surface area contributed by atoms with Gasteiger partial charge in [0.1, 0.15) is 11.5 Å². The number of para-hydroxylation sites is 2. The van der Waals surface area contributed by atoms with Crippen molar-refractivity contribution in [1.82, 2.24) is 0 Å². The fourth-order valence-corrected chi connectivity index (χ4v) is 4.00. The number of rotatable bonds is 7. The van der Waals surface area contributed by atoms with Crippen LogP contribution in [0.25, 0.3) is 0 Å². The number of nitro groups is 1. The summed E-state index contributed by atoms with van der Waals surface area (Å²) < 4.78 is 24.9. The second kappa shape index (κ2) is 8.03. The van der Waals surface area contributed by atoms with E-state index in [1.807, 2.05) is 0 Å². The highest BCUT2D eigenvalue weighted by atomic mass is 31.2. The van der Waals surface area contributed by atoms with Crippen LogP contribution in [0.15, 0.2) is 84.9 Å². The Morgan fingerprint density at radius 1 is 0.815 bits per heavy atom. The molecule has 2 N–H and O–H groups in total. The van der Waals surface area contributed by atoms with Gasteiger partial charge in [-0.15, -0.1) is 0 Å². The first-order chi connectivity index (χ1) is 13.0. The van der Waals surface area contributed by atoms with Gasteiger partial charge < -0.3 is 14.8 Å². The van der Waals surface area contributed by atoms with E-state index in [1.165, 1.54) is 24.3 Å². The van der Waals surface area contributed by atoms with E-state index in [-0.39, 0.29) is 5.69 Å². The molecule has 27 heavy (non-hydrogen) atoms. The number of benzene rings is 3. The molecule has 1 atom stereocenters. The van der Waals surface area contributed by atoms with Crippen molar-refractivity contribution in [3.63, 3.8) is 0 Å². The lowest BCUT2D eigenvalue weighted by Crippen LogP contribution is -2.18. The SMILES string of the molecule is NC(c1ccc([N+](=O)[O-])cc1)P(=O)(Oc1ccccc1)Oc1ccccc1. The summed E-state index contributed by atoms with van der Waals surface area (Å²) in [5.41, 5.74) is 6.52. The Kier molecular flexibility index (Phi) is 5.54. The Labute approximate surface area is 156 Å². The van der Waals surface area contributed by atoms with E-state index in [1.54, 1.807) is 60.7 Å². The third kappa shape index (κ3) is 4.53. The van der Waals surface area contributed by atoms with E-state index in [0.717, 1.165) is 0 Å². The van der Waals surface area contributed by atoms with Gasteiger partial charge >= 0.3 is 7.60 Å². The zero-order chi connectivity index (χ0) is 19.3. The van der Waals surface area contributed by atoms with Crippen LogP contribution >= 0.6 is 7.60 Å². The van der Waals surface area contributed by atoms with Gasteiger partial charge in [-0.1, -0.05) is 36.4 Å². The van der Waals surface area contributed by atoms with Crippen molar-refractivity contribution in [2.45, 2.75) is 5.78 Å². The zero-order valence-electron chi connectivity index (χ0n) is 14.2. The molecule has 0 spiro atoms. The molecule has 0 bridgehead atoms. The van der Waals surface area contributed by atoms with Gasteiger partial charge in [0.05, 0.1) is 4.92 Å². The quantitative estimate of drug-likeness (QED) is 0.353. The molecule has 3 aromatic rings. The smallest absolute Gasteiger partial charge is 0.415 e. The highest BCUT2D eigenvalue weighted by Gasteiger charge is 2.38. The highest BCUT2D eigenvalue weighted by molar-refractivity contribution is 7.55. The van der Waals surface area contributed by atoms with Gasteiger partial charge in [0, 0.05) is 12.1 Å². The van der Waals surface area contributed by atoms with Gasteiger partial charge in [-0.05, 0) is 42.0 Å². The van der Waals surface area contributed by atoms with Crippen LogP contribution in [0.4, 0.5) is 5.69 Å². The Morgan fingerprint density at radius 2 is 1.26 bits per heavy atom. The third-order valence-electron chi connectivity index (χ3n) is 3.74. The molecule has 8 heteroatoms. The van der Waals surface area contributed by atoms with Crippen LogP contribution in [0.2, 0.25) is 0 Å². The lowest BCUT2D eigenvalue weighted by molar-refractivity contribution is -0.384. The summed E-state index contributed by atoms with van der Waals surface area (Å²) >= 11 is 0. The molecular formula is C19H17N2O5P. The number of nitrogens with zero attached hydrogens (tertiary/aromatic N) is 1. The van der Waals surface area contributed by atoms with Crippen LogP contribution < -0.4 is 14.8 Å². The molecule has 0 radical (unpaired) electrons. The number of hydrogen-bond acceptors (Lipinski definition) is 6. The van der Waals surface area contributed by atoms with Gasteiger partial charge in [-0.3, -0.25) is 10.1 Å². The fraction of sp³-hybridized carbons (Fsp3) is 0.0526. The van der Waals surface area contributed by atoms with Gasteiger partial charge in [0.15, 0.2) is 5.78 Å². The molecule has 0 saturated carbocycles. The maximum Gasteiger partial charge on any atom is 0.451 e. The van der Waals surface area contributed by atoms with E-state index >= 15 is 0 Å². The molecule has 0 aliphatic heterocycles. The molecule has 3 aromatic carbocycles. The third-order valence-corrected chi connectivity index (χ3v) is 5.65. The molecule has 3 rings (SSSR count). The van der Waals surface area contributed by atoms with E-state index in [0.29, 0.717) is 17.1 Å². The van der Waals surface area contributed by atoms with E-state index in [4.69, 9.17) is 14.8 Å². The highest BCUT2D eigenvalue weighted by Crippen LogP contribution is 2.57. The molecule has 0 aliphatic carbocycles. The maximum atomic E-state index is 13.6. The Morgan fingerprint density at radius 3 is 1.67 bits per heavy atom. The molecule has 1 unspecified atom stereocenters. The van der Waals surface area contributed by atoms with Crippen LogP contribution in [-0.4, -0.2) is 4.92 Å².